The summed E-state index contributed by atoms with van der Waals surface area (Å²) in [5.41, 5.74) is 8.76. The van der Waals surface area contributed by atoms with Gasteiger partial charge in [-0.05, 0) is 341 Å². The van der Waals surface area contributed by atoms with Gasteiger partial charge in [0.25, 0.3) is 0 Å². The molecular formula is C91H164N18O6. The van der Waals surface area contributed by atoms with E-state index in [9.17, 15) is 19.5 Å². The molecule has 0 bridgehead atoms. The summed E-state index contributed by atoms with van der Waals surface area (Å²) in [6, 6.07) is 29.2. The number of aryl methyl sites for hydroxylation is 1. The van der Waals surface area contributed by atoms with E-state index in [1.165, 1.54) is 184 Å². The highest BCUT2D eigenvalue weighted by molar-refractivity contribution is 5.73. The number of unbranched alkanes of at least 4 members (excludes halogenated alkanes) is 1. The van der Waals surface area contributed by atoms with Crippen LogP contribution in [-0.2, 0) is 32.1 Å². The Morgan fingerprint density at radius 1 is 0.487 bits per heavy atom. The van der Waals surface area contributed by atoms with Crippen LogP contribution in [0.3, 0.4) is 0 Å². The Hall–Kier alpha value is -4.97. The van der Waals surface area contributed by atoms with Gasteiger partial charge in [0.05, 0.1) is 13.2 Å². The van der Waals surface area contributed by atoms with E-state index in [4.69, 9.17) is 5.11 Å². The van der Waals surface area contributed by atoms with E-state index in [1.807, 2.05) is 4.90 Å². The fourth-order valence-corrected chi connectivity index (χ4v) is 17.7. The zero-order valence-electron chi connectivity index (χ0n) is 74.0. The molecule has 0 aliphatic carbocycles. The zero-order chi connectivity index (χ0) is 82.4. The number of esters is 1. The summed E-state index contributed by atoms with van der Waals surface area (Å²) in [5, 5.41) is 45.4. The van der Waals surface area contributed by atoms with Crippen molar-refractivity contribution in [1.82, 2.24) is 81.7 Å². The summed E-state index contributed by atoms with van der Waals surface area (Å²) >= 11 is 0. The van der Waals surface area contributed by atoms with Crippen molar-refractivity contribution < 1.29 is 29.3 Å². The molecule has 0 saturated carbocycles. The summed E-state index contributed by atoms with van der Waals surface area (Å²) < 4.78 is 4.59. The molecule has 1 atom stereocenters. The number of rotatable bonds is 22. The SMILES string of the molecule is CC(=O)N1CCN(C2CCNCC2)CC1.CN(C)C1CCN(C2CCNCC2)CC1.CN(C)CCCC(O)c1ccc(N2CCNCC2)cc1.CN(C)CCCCc1ccc(N2CCNCC2)cc1.CN(C)Cc1ccc(C2CCNCC2)cc1.CN1CCC2(CNC2)C1.COC(=O)CC1CCNCC1.O=C(O)CC1CCNCC1. The van der Waals surface area contributed by atoms with Gasteiger partial charge >= 0.3 is 11.9 Å². The molecule has 0 radical (unpaired) electrons. The average Bonchev–Trinajstić information content (AvgIpc) is 1.67. The minimum absolute atomic E-state index is 0.0723. The second kappa shape index (κ2) is 55.8. The number of methoxy groups -OCH3 is 1. The average molecular weight is 1610 g/mol. The number of carboxylic acids is 1. The molecule has 3 aromatic carbocycles. The number of amides is 1. The molecule has 10 N–H and O–H groups in total. The van der Waals surface area contributed by atoms with Crippen molar-refractivity contribution in [2.24, 2.45) is 17.3 Å². The van der Waals surface area contributed by atoms with Crippen LogP contribution in [-0.4, -0.2) is 352 Å². The fourth-order valence-electron chi connectivity index (χ4n) is 17.7. The minimum atomic E-state index is -0.660. The van der Waals surface area contributed by atoms with Crippen LogP contribution in [0.15, 0.2) is 72.8 Å². The standard InChI is InChI=1S/C16H27N3O.C16H27N3.C14H22N2.C12H25N3.C11H21N3O.C8H15NO2.C7H14N2.C7H13NO2/c1-18(2)11-3-4-16(20)14-5-7-15(8-6-14)19-12-9-17-10-13-19;1-18(2)12-4-3-5-15-6-8-16(9-7-15)19-13-10-17-11-14-19;1-16(2)11-12-3-5-13(6-4-12)14-7-9-15-10-8-14;1-14(2)11-5-9-15(10-6-11)12-3-7-13-8-4-12;1-10(15)13-6-8-14(9-7-13)11-2-4-12-5-3-11;1-11-8(10)6-7-2-4-9-5-3-7;1-9-3-2-7(6-9)4-8-5-7;9-7(10)5-6-1-3-8-4-2-6/h5-8,16-17,20H,3-4,9-13H2,1-2H3;6-9,17H,3-5,10-14H2,1-2H3;3-6,14-15H,7-11H2,1-2H3;11-13H,3-10H2,1-2H3;11-12H,2-9H2,1H3;7,9H,2-6H2,1H3;8H,2-6H2,1H3;6,8H,1-5H2,(H,9,10). The first kappa shape index (κ1) is 97.2. The highest BCUT2D eigenvalue weighted by atomic mass is 16.5. The number of anilines is 2. The van der Waals surface area contributed by atoms with Crippen LogP contribution in [0.2, 0.25) is 0 Å². The number of hydrogen-bond donors (Lipinski definition) is 10. The van der Waals surface area contributed by atoms with Gasteiger partial charge in [-0.25, -0.2) is 0 Å². The number of aliphatic hydroxyl groups excluding tert-OH is 1. The number of ether oxygens (including phenoxy) is 1. The first-order valence-corrected chi connectivity index (χ1v) is 45.1. The summed E-state index contributed by atoms with van der Waals surface area (Å²) in [7, 11) is 20.7. The quantitative estimate of drug-likeness (QED) is 0.0353. The van der Waals surface area contributed by atoms with Crippen molar-refractivity contribution >= 4 is 29.2 Å². The number of aliphatic hydroxyl groups is 1. The number of benzene rings is 3. The van der Waals surface area contributed by atoms with Gasteiger partial charge in [0.15, 0.2) is 0 Å². The first-order valence-electron chi connectivity index (χ1n) is 45.1. The molecule has 1 amide bonds. The second-order valence-corrected chi connectivity index (χ2v) is 35.5. The molecular weight excluding hydrogens is 1440 g/mol. The number of carbonyl (C=O) groups is 3. The molecule has 115 heavy (non-hydrogen) atoms. The number of hydrogen-bond acceptors (Lipinski definition) is 22. The Kier molecular flexibility index (Phi) is 47.1. The molecule has 11 aliphatic rings. The molecule has 24 nitrogen and oxygen atoms in total. The zero-order valence-corrected chi connectivity index (χ0v) is 74.0. The monoisotopic (exact) mass is 1610 g/mol. The van der Waals surface area contributed by atoms with Gasteiger partial charge in [0.1, 0.15) is 0 Å². The second-order valence-electron chi connectivity index (χ2n) is 35.5. The van der Waals surface area contributed by atoms with Crippen LogP contribution in [0.4, 0.5) is 11.4 Å². The van der Waals surface area contributed by atoms with Gasteiger partial charge in [-0.2, -0.15) is 0 Å². The Bertz CT molecular complexity index is 2980. The van der Waals surface area contributed by atoms with Gasteiger partial charge in [0, 0.05) is 159 Å². The van der Waals surface area contributed by atoms with Crippen LogP contribution >= 0.6 is 0 Å². The van der Waals surface area contributed by atoms with Crippen LogP contribution < -0.4 is 52.3 Å². The molecule has 14 rings (SSSR count). The van der Waals surface area contributed by atoms with Crippen LogP contribution in [0.5, 0.6) is 0 Å². The molecule has 11 saturated heterocycles. The number of likely N-dealkylation sites (tertiary alicyclic amines) is 2. The molecule has 1 spiro atoms. The van der Waals surface area contributed by atoms with Crippen LogP contribution in [0, 0.1) is 17.3 Å². The Morgan fingerprint density at radius 3 is 1.35 bits per heavy atom. The van der Waals surface area contributed by atoms with E-state index in [0.29, 0.717) is 30.1 Å². The van der Waals surface area contributed by atoms with E-state index in [0.717, 1.165) is 199 Å². The summed E-state index contributed by atoms with van der Waals surface area (Å²) in [4.78, 5) is 55.8. The lowest BCUT2D eigenvalue weighted by Crippen LogP contribution is -2.54. The molecule has 654 valence electrons. The summed E-state index contributed by atoms with van der Waals surface area (Å²) in [6.45, 7) is 36.5. The first-order chi connectivity index (χ1) is 55.6. The van der Waals surface area contributed by atoms with Crippen molar-refractivity contribution in [2.45, 2.75) is 172 Å². The van der Waals surface area contributed by atoms with Gasteiger partial charge < -0.3 is 102 Å². The lowest BCUT2D eigenvalue weighted by Gasteiger charge is -2.41. The van der Waals surface area contributed by atoms with Gasteiger partial charge in [0.2, 0.25) is 5.91 Å². The number of carbonyl (C=O) groups excluding carboxylic acids is 2. The summed E-state index contributed by atoms with van der Waals surface area (Å²) in [5.74, 6) is 1.22. The van der Waals surface area contributed by atoms with E-state index in [2.05, 4.69) is 228 Å². The number of nitrogens with one attached hydrogen (secondary N) is 8. The minimum Gasteiger partial charge on any atom is -0.481 e. The van der Waals surface area contributed by atoms with E-state index >= 15 is 0 Å². The maximum absolute atomic E-state index is 11.2. The maximum Gasteiger partial charge on any atom is 0.305 e. The number of aliphatic carboxylic acids is 1. The van der Waals surface area contributed by atoms with Crippen LogP contribution in [0.25, 0.3) is 0 Å². The normalized spacial score (nSPS) is 21.4. The smallest absolute Gasteiger partial charge is 0.305 e. The lowest BCUT2D eigenvalue weighted by atomic mass is 9.81. The molecule has 11 heterocycles. The number of carboxylic acid groups (broad SMARTS) is 1. The lowest BCUT2D eigenvalue weighted by molar-refractivity contribution is -0.142. The third-order valence-corrected chi connectivity index (χ3v) is 25.2. The molecule has 11 fully saturated rings. The highest BCUT2D eigenvalue weighted by Crippen LogP contribution is 2.33. The van der Waals surface area contributed by atoms with Gasteiger partial charge in [-0.15, -0.1) is 0 Å². The predicted molar refractivity (Wildman–Crippen MR) is 477 cm³/mol. The van der Waals surface area contributed by atoms with E-state index < -0.39 is 5.97 Å². The van der Waals surface area contributed by atoms with Crippen molar-refractivity contribution in [3.63, 3.8) is 0 Å². The van der Waals surface area contributed by atoms with Crippen molar-refractivity contribution in [3.05, 3.63) is 95.1 Å². The topological polar surface area (TPSA) is 230 Å². The Morgan fingerprint density at radius 2 is 0.930 bits per heavy atom. The highest BCUT2D eigenvalue weighted by Gasteiger charge is 2.41. The Balaban J connectivity index is 0.000000184. The third kappa shape index (κ3) is 39.0. The molecule has 0 aromatic heterocycles. The maximum atomic E-state index is 11.2. The fraction of sp³-hybridized carbons (Fsp3) is 0.769. The third-order valence-electron chi connectivity index (χ3n) is 25.2. The van der Waals surface area contributed by atoms with E-state index in [1.54, 1.807) is 6.92 Å². The van der Waals surface area contributed by atoms with Crippen LogP contribution in [0.1, 0.15) is 163 Å². The van der Waals surface area contributed by atoms with E-state index in [-0.39, 0.29) is 18.0 Å². The molecule has 1 unspecified atom stereocenters. The molecule has 3 aromatic rings. The van der Waals surface area contributed by atoms with Crippen molar-refractivity contribution in [1.29, 1.82) is 0 Å². The van der Waals surface area contributed by atoms with Gasteiger partial charge in [-0.1, -0.05) is 48.5 Å². The number of piperazine rings is 3. The van der Waals surface area contributed by atoms with Crippen molar-refractivity contribution in [3.8, 4) is 0 Å². The predicted octanol–water partition coefficient (Wildman–Crippen LogP) is 7.26. The number of nitrogens with zero attached hydrogens (tertiary/aromatic N) is 10. The number of piperidine rings is 6. The van der Waals surface area contributed by atoms with Crippen molar-refractivity contribution in [2.75, 3.05) is 277 Å². The molecule has 11 aliphatic heterocycles. The largest absolute Gasteiger partial charge is 0.481 e. The Labute approximate surface area is 697 Å². The summed E-state index contributed by atoms with van der Waals surface area (Å²) in [6.07, 6.45) is 22.4. The molecule has 24 heteroatoms. The van der Waals surface area contributed by atoms with Gasteiger partial charge in [-0.3, -0.25) is 19.3 Å².